The Kier molecular flexibility index (Phi) is 1.97. The zero-order valence-corrected chi connectivity index (χ0v) is 8.22. The number of hydrogen-bond donors (Lipinski definition) is 2. The molecule has 14 heavy (non-hydrogen) atoms. The largest absolute Gasteiger partial charge is 0.477 e. The van der Waals surface area contributed by atoms with Crippen LogP contribution in [0.1, 0.15) is 16.1 Å². The average molecular weight is 210 g/mol. The number of H-pyrrole nitrogens is 1. The Morgan fingerprint density at radius 3 is 2.86 bits per heavy atom. The molecule has 2 aromatic rings. The van der Waals surface area contributed by atoms with E-state index in [-0.39, 0.29) is 5.69 Å². The van der Waals surface area contributed by atoms with Crippen molar-refractivity contribution in [3.63, 3.8) is 0 Å². The van der Waals surface area contributed by atoms with Crippen molar-refractivity contribution in [2.75, 3.05) is 0 Å². The van der Waals surface area contributed by atoms with E-state index in [0.29, 0.717) is 5.02 Å². The fourth-order valence-electron chi connectivity index (χ4n) is 1.51. The number of aromatic amines is 1. The number of carboxylic acid groups (broad SMARTS) is 1. The van der Waals surface area contributed by atoms with Crippen molar-refractivity contribution in [1.82, 2.24) is 4.98 Å². The SMILES string of the molecule is Cc1c(C(=O)O)[nH]c2ccc(Cl)cc12. The van der Waals surface area contributed by atoms with Gasteiger partial charge in [0.05, 0.1) is 0 Å². The highest BCUT2D eigenvalue weighted by atomic mass is 35.5. The zero-order valence-electron chi connectivity index (χ0n) is 7.47. The molecule has 2 rings (SSSR count). The molecule has 0 spiro atoms. The maximum Gasteiger partial charge on any atom is 0.352 e. The maximum atomic E-state index is 10.8. The molecule has 72 valence electrons. The first-order valence-electron chi connectivity index (χ1n) is 4.10. The van der Waals surface area contributed by atoms with Crippen molar-refractivity contribution in [3.8, 4) is 0 Å². The fraction of sp³-hybridized carbons (Fsp3) is 0.100. The van der Waals surface area contributed by atoms with Gasteiger partial charge < -0.3 is 10.1 Å². The van der Waals surface area contributed by atoms with Crippen LogP contribution in [0, 0.1) is 6.92 Å². The second-order valence-corrected chi connectivity index (χ2v) is 3.56. The smallest absolute Gasteiger partial charge is 0.352 e. The third-order valence-electron chi connectivity index (χ3n) is 2.23. The van der Waals surface area contributed by atoms with Gasteiger partial charge in [0.25, 0.3) is 0 Å². The number of nitrogens with one attached hydrogen (secondary N) is 1. The van der Waals surface area contributed by atoms with Crippen LogP contribution < -0.4 is 0 Å². The predicted octanol–water partition coefficient (Wildman–Crippen LogP) is 2.83. The first kappa shape index (κ1) is 9.09. The second kappa shape index (κ2) is 3.03. The number of fused-ring (bicyclic) bond motifs is 1. The molecule has 3 nitrogen and oxygen atoms in total. The van der Waals surface area contributed by atoms with Gasteiger partial charge >= 0.3 is 5.97 Å². The number of aryl methyl sites for hydroxylation is 1. The molecule has 0 unspecified atom stereocenters. The zero-order chi connectivity index (χ0) is 10.3. The van der Waals surface area contributed by atoms with Gasteiger partial charge in [-0.15, -0.1) is 0 Å². The summed E-state index contributed by atoms with van der Waals surface area (Å²) in [6, 6.07) is 5.26. The first-order chi connectivity index (χ1) is 6.59. The van der Waals surface area contributed by atoms with E-state index in [4.69, 9.17) is 16.7 Å². The van der Waals surface area contributed by atoms with Crippen molar-refractivity contribution in [3.05, 3.63) is 34.5 Å². The number of hydrogen-bond acceptors (Lipinski definition) is 1. The van der Waals surface area contributed by atoms with Gasteiger partial charge in [-0.1, -0.05) is 11.6 Å². The van der Waals surface area contributed by atoms with Crippen LogP contribution in [0.4, 0.5) is 0 Å². The van der Waals surface area contributed by atoms with Crippen LogP contribution in [0.3, 0.4) is 0 Å². The third kappa shape index (κ3) is 1.26. The fourth-order valence-corrected chi connectivity index (χ4v) is 1.68. The molecule has 0 aliphatic heterocycles. The van der Waals surface area contributed by atoms with Crippen LogP contribution in [-0.2, 0) is 0 Å². The lowest BCUT2D eigenvalue weighted by Crippen LogP contribution is -1.97. The van der Waals surface area contributed by atoms with Crippen LogP contribution >= 0.6 is 11.6 Å². The summed E-state index contributed by atoms with van der Waals surface area (Å²) < 4.78 is 0. The van der Waals surface area contributed by atoms with E-state index >= 15 is 0 Å². The molecule has 1 heterocycles. The number of aromatic carboxylic acids is 1. The molecule has 2 N–H and O–H groups in total. The van der Waals surface area contributed by atoms with Gasteiger partial charge in [-0.25, -0.2) is 4.79 Å². The quantitative estimate of drug-likeness (QED) is 0.759. The summed E-state index contributed by atoms with van der Waals surface area (Å²) in [5.41, 5.74) is 1.74. The normalized spacial score (nSPS) is 10.7. The third-order valence-corrected chi connectivity index (χ3v) is 2.47. The summed E-state index contributed by atoms with van der Waals surface area (Å²) in [5.74, 6) is -0.949. The molecule has 0 saturated carbocycles. The van der Waals surface area contributed by atoms with Crippen LogP contribution in [-0.4, -0.2) is 16.1 Å². The van der Waals surface area contributed by atoms with E-state index in [2.05, 4.69) is 4.98 Å². The summed E-state index contributed by atoms with van der Waals surface area (Å²) in [5, 5.41) is 10.3. The summed E-state index contributed by atoms with van der Waals surface area (Å²) in [6.45, 7) is 1.76. The Morgan fingerprint density at radius 1 is 1.50 bits per heavy atom. The highest BCUT2D eigenvalue weighted by Gasteiger charge is 2.12. The second-order valence-electron chi connectivity index (χ2n) is 3.12. The van der Waals surface area contributed by atoms with Gasteiger partial charge in [0.2, 0.25) is 0 Å². The molecular weight excluding hydrogens is 202 g/mol. The molecule has 1 aromatic heterocycles. The van der Waals surface area contributed by atoms with Crippen molar-refractivity contribution >= 4 is 28.5 Å². The van der Waals surface area contributed by atoms with Crippen LogP contribution in [0.25, 0.3) is 10.9 Å². The molecule has 0 fully saturated rings. The van der Waals surface area contributed by atoms with Crippen LogP contribution in [0.5, 0.6) is 0 Å². The Labute approximate surface area is 85.3 Å². The predicted molar refractivity (Wildman–Crippen MR) is 55.0 cm³/mol. The molecule has 4 heteroatoms. The van der Waals surface area contributed by atoms with Gasteiger partial charge in [0.1, 0.15) is 5.69 Å². The summed E-state index contributed by atoms with van der Waals surface area (Å²) in [7, 11) is 0. The standard InChI is InChI=1S/C10H8ClNO2/c1-5-7-4-6(11)2-3-8(7)12-9(5)10(13)14/h2-4,12H,1H3,(H,13,14). The number of halogens is 1. The lowest BCUT2D eigenvalue weighted by molar-refractivity contribution is 0.0691. The van der Waals surface area contributed by atoms with Crippen LogP contribution in [0.2, 0.25) is 5.02 Å². The van der Waals surface area contributed by atoms with Crippen LogP contribution in [0.15, 0.2) is 18.2 Å². The molecule has 1 aromatic carbocycles. The monoisotopic (exact) mass is 209 g/mol. The van der Waals surface area contributed by atoms with Gasteiger partial charge in [0, 0.05) is 15.9 Å². The maximum absolute atomic E-state index is 10.8. The van der Waals surface area contributed by atoms with E-state index in [0.717, 1.165) is 16.5 Å². The van der Waals surface area contributed by atoms with Gasteiger partial charge in [-0.2, -0.15) is 0 Å². The lowest BCUT2D eigenvalue weighted by Gasteiger charge is -1.92. The molecule has 0 saturated heterocycles. The molecule has 0 bridgehead atoms. The van der Waals surface area contributed by atoms with E-state index in [1.165, 1.54) is 0 Å². The summed E-state index contributed by atoms with van der Waals surface area (Å²) in [4.78, 5) is 13.6. The molecule has 0 aliphatic carbocycles. The lowest BCUT2D eigenvalue weighted by atomic mass is 10.1. The highest BCUT2D eigenvalue weighted by molar-refractivity contribution is 6.31. The van der Waals surface area contributed by atoms with Crippen molar-refractivity contribution in [1.29, 1.82) is 0 Å². The van der Waals surface area contributed by atoms with Crippen molar-refractivity contribution < 1.29 is 9.90 Å². The van der Waals surface area contributed by atoms with E-state index in [9.17, 15) is 4.79 Å². The van der Waals surface area contributed by atoms with E-state index in [1.807, 2.05) is 0 Å². The summed E-state index contributed by atoms with van der Waals surface area (Å²) in [6.07, 6.45) is 0. The number of benzene rings is 1. The average Bonchev–Trinajstić information content (AvgIpc) is 2.44. The molecular formula is C10H8ClNO2. The van der Waals surface area contributed by atoms with Gasteiger partial charge in [0.15, 0.2) is 0 Å². The Bertz CT molecular complexity index is 516. The highest BCUT2D eigenvalue weighted by Crippen LogP contribution is 2.24. The Morgan fingerprint density at radius 2 is 2.21 bits per heavy atom. The minimum absolute atomic E-state index is 0.224. The van der Waals surface area contributed by atoms with E-state index < -0.39 is 5.97 Å². The van der Waals surface area contributed by atoms with Crippen molar-refractivity contribution in [2.45, 2.75) is 6.92 Å². The molecule has 0 aliphatic rings. The molecule has 0 radical (unpaired) electrons. The molecule has 0 amide bonds. The van der Waals surface area contributed by atoms with Gasteiger partial charge in [-0.05, 0) is 30.7 Å². The number of rotatable bonds is 1. The molecule has 0 atom stereocenters. The minimum atomic E-state index is -0.949. The Hall–Kier alpha value is -1.48. The van der Waals surface area contributed by atoms with Gasteiger partial charge in [-0.3, -0.25) is 0 Å². The number of aromatic nitrogens is 1. The first-order valence-corrected chi connectivity index (χ1v) is 4.48. The number of carbonyl (C=O) groups is 1. The van der Waals surface area contributed by atoms with Crippen molar-refractivity contribution in [2.24, 2.45) is 0 Å². The minimum Gasteiger partial charge on any atom is -0.477 e. The Balaban J connectivity index is 2.80. The number of carboxylic acids is 1. The topological polar surface area (TPSA) is 53.1 Å². The van der Waals surface area contributed by atoms with E-state index in [1.54, 1.807) is 25.1 Å². The summed E-state index contributed by atoms with van der Waals surface area (Å²) >= 11 is 5.82.